The number of nitrogens with zero attached hydrogens (tertiary/aromatic N) is 3. The molecule has 24 heavy (non-hydrogen) atoms. The second-order valence-electron chi connectivity index (χ2n) is 7.04. The molecule has 1 saturated heterocycles. The Hall–Kier alpha value is -1.95. The van der Waals surface area contributed by atoms with E-state index in [0.29, 0.717) is 5.82 Å². The summed E-state index contributed by atoms with van der Waals surface area (Å²) in [5, 5.41) is 7.57. The number of nitrogens with one attached hydrogen (secondary N) is 1. The molecule has 1 aromatic carbocycles. The van der Waals surface area contributed by atoms with Gasteiger partial charge in [-0.15, -0.1) is 0 Å². The Balaban J connectivity index is 1.61. The van der Waals surface area contributed by atoms with Crippen molar-refractivity contribution in [3.8, 4) is 0 Å². The summed E-state index contributed by atoms with van der Waals surface area (Å²) in [6, 6.07) is 12.5. The molecule has 0 spiro atoms. The average Bonchev–Trinajstić information content (AvgIpc) is 3.04. The van der Waals surface area contributed by atoms with Crippen LogP contribution in [0.15, 0.2) is 42.6 Å². The lowest BCUT2D eigenvalue weighted by Crippen LogP contribution is -2.37. The van der Waals surface area contributed by atoms with Gasteiger partial charge in [-0.2, -0.15) is 5.10 Å². The predicted octanol–water partition coefficient (Wildman–Crippen LogP) is 3.61. The zero-order chi connectivity index (χ0) is 17.2. The van der Waals surface area contributed by atoms with Crippen molar-refractivity contribution in [2.45, 2.75) is 51.4 Å². The van der Waals surface area contributed by atoms with Crippen LogP contribution in [-0.2, 0) is 13.1 Å². The van der Waals surface area contributed by atoms with Crippen LogP contribution in [0.4, 0.5) is 14.6 Å². The minimum Gasteiger partial charge on any atom is -0.365 e. The van der Waals surface area contributed by atoms with Gasteiger partial charge in [0.2, 0.25) is 0 Å². The van der Waals surface area contributed by atoms with E-state index in [0.717, 1.165) is 19.5 Å². The van der Waals surface area contributed by atoms with Gasteiger partial charge >= 0.3 is 0 Å². The minimum absolute atomic E-state index is 0.0824. The van der Waals surface area contributed by atoms with E-state index in [4.69, 9.17) is 0 Å². The van der Waals surface area contributed by atoms with E-state index in [-0.39, 0.29) is 18.1 Å². The summed E-state index contributed by atoms with van der Waals surface area (Å²) in [6.07, 6.45) is 0.197. The maximum absolute atomic E-state index is 12.4. The topological polar surface area (TPSA) is 33.1 Å². The van der Waals surface area contributed by atoms with Gasteiger partial charge in [-0.3, -0.25) is 9.58 Å². The zero-order valence-electron chi connectivity index (χ0n) is 14.1. The van der Waals surface area contributed by atoms with Crippen LogP contribution in [0, 0.1) is 0 Å². The maximum Gasteiger partial charge on any atom is 0.257 e. The lowest BCUT2D eigenvalue weighted by Gasteiger charge is -2.31. The highest BCUT2D eigenvalue weighted by Crippen LogP contribution is 2.31. The smallest absolute Gasteiger partial charge is 0.257 e. The lowest BCUT2D eigenvalue weighted by molar-refractivity contribution is 0.122. The van der Waals surface area contributed by atoms with Crippen LogP contribution in [0.25, 0.3) is 0 Å². The van der Waals surface area contributed by atoms with Crippen LogP contribution in [-0.4, -0.2) is 39.2 Å². The van der Waals surface area contributed by atoms with Gasteiger partial charge in [-0.25, -0.2) is 8.78 Å². The Labute approximate surface area is 141 Å². The number of anilines is 1. The maximum atomic E-state index is 12.4. The second kappa shape index (κ2) is 6.89. The molecule has 4 nitrogen and oxygen atoms in total. The molecule has 0 bridgehead atoms. The molecular formula is C18H24F2N4. The van der Waals surface area contributed by atoms with Crippen molar-refractivity contribution < 1.29 is 8.78 Å². The van der Waals surface area contributed by atoms with Crippen LogP contribution in [0.3, 0.4) is 0 Å². The first-order chi connectivity index (χ1) is 11.4. The molecule has 130 valence electrons. The Morgan fingerprint density at radius 3 is 2.71 bits per heavy atom. The number of aromatic nitrogens is 2. The number of alkyl halides is 2. The molecule has 1 aliphatic heterocycles. The van der Waals surface area contributed by atoms with Crippen LogP contribution < -0.4 is 5.32 Å². The molecule has 1 aliphatic rings. The van der Waals surface area contributed by atoms with Gasteiger partial charge in [0.25, 0.3) is 6.43 Å². The molecule has 1 fully saturated rings. The Morgan fingerprint density at radius 2 is 2.00 bits per heavy atom. The molecule has 0 radical (unpaired) electrons. The molecule has 1 aromatic heterocycles. The van der Waals surface area contributed by atoms with Gasteiger partial charge in [-0.1, -0.05) is 30.3 Å². The highest BCUT2D eigenvalue weighted by Gasteiger charge is 2.38. The van der Waals surface area contributed by atoms with E-state index < -0.39 is 6.43 Å². The largest absolute Gasteiger partial charge is 0.365 e. The van der Waals surface area contributed by atoms with E-state index in [1.165, 1.54) is 10.2 Å². The molecular weight excluding hydrogens is 310 g/mol. The molecule has 1 atom stereocenters. The monoisotopic (exact) mass is 334 g/mol. The third-order valence-electron chi connectivity index (χ3n) is 4.58. The van der Waals surface area contributed by atoms with Gasteiger partial charge in [0, 0.05) is 36.9 Å². The molecule has 0 amide bonds. The fourth-order valence-electron chi connectivity index (χ4n) is 3.38. The van der Waals surface area contributed by atoms with Crippen LogP contribution in [0.1, 0.15) is 25.8 Å². The van der Waals surface area contributed by atoms with Gasteiger partial charge in [0.1, 0.15) is 12.4 Å². The number of hydrogen-bond donors (Lipinski definition) is 1. The summed E-state index contributed by atoms with van der Waals surface area (Å²) in [4.78, 5) is 2.45. The van der Waals surface area contributed by atoms with Crippen molar-refractivity contribution in [2.75, 3.05) is 11.9 Å². The summed E-state index contributed by atoms with van der Waals surface area (Å²) in [5.74, 6) is 0.665. The molecule has 0 aliphatic carbocycles. The van der Waals surface area contributed by atoms with E-state index in [2.05, 4.69) is 53.4 Å². The van der Waals surface area contributed by atoms with Crippen LogP contribution in [0.5, 0.6) is 0 Å². The molecule has 2 aromatic rings. The van der Waals surface area contributed by atoms with E-state index in [9.17, 15) is 8.78 Å². The summed E-state index contributed by atoms with van der Waals surface area (Å²) < 4.78 is 26.1. The van der Waals surface area contributed by atoms with Gasteiger partial charge in [0.15, 0.2) is 0 Å². The van der Waals surface area contributed by atoms with Crippen molar-refractivity contribution in [1.82, 2.24) is 14.7 Å². The zero-order valence-corrected chi connectivity index (χ0v) is 14.1. The van der Waals surface area contributed by atoms with E-state index in [1.807, 2.05) is 6.07 Å². The van der Waals surface area contributed by atoms with Gasteiger partial charge in [-0.05, 0) is 25.8 Å². The number of halogens is 2. The fraction of sp³-hybridized carbons (Fsp3) is 0.500. The van der Waals surface area contributed by atoms with Crippen molar-refractivity contribution >= 4 is 5.82 Å². The standard InChI is InChI=1S/C18H24F2N4/c1-18(2)10-15(12-23(18)11-14-6-4-3-5-7-14)21-17-8-9-24(22-17)13-16(19)20/h3-9,15-16H,10-13H2,1-2H3,(H,21,22)/t15-/m0/s1. The molecule has 0 unspecified atom stereocenters. The number of benzene rings is 1. The van der Waals surface area contributed by atoms with E-state index >= 15 is 0 Å². The molecule has 6 heteroatoms. The summed E-state index contributed by atoms with van der Waals surface area (Å²) >= 11 is 0. The first kappa shape index (κ1) is 16.9. The van der Waals surface area contributed by atoms with Gasteiger partial charge in [0.05, 0.1) is 0 Å². The highest BCUT2D eigenvalue weighted by atomic mass is 19.3. The molecule has 1 N–H and O–H groups in total. The number of rotatable bonds is 6. The van der Waals surface area contributed by atoms with Crippen LogP contribution in [0.2, 0.25) is 0 Å². The second-order valence-corrected chi connectivity index (χ2v) is 7.04. The van der Waals surface area contributed by atoms with Crippen molar-refractivity contribution in [2.24, 2.45) is 0 Å². The van der Waals surface area contributed by atoms with Gasteiger partial charge < -0.3 is 5.32 Å². The first-order valence-corrected chi connectivity index (χ1v) is 8.29. The predicted molar refractivity (Wildman–Crippen MR) is 91.2 cm³/mol. The molecule has 2 heterocycles. The number of likely N-dealkylation sites (tertiary alicyclic amines) is 1. The Morgan fingerprint density at radius 1 is 1.25 bits per heavy atom. The molecule has 0 saturated carbocycles. The van der Waals surface area contributed by atoms with E-state index in [1.54, 1.807) is 12.3 Å². The Bertz CT molecular complexity index is 654. The third kappa shape index (κ3) is 4.12. The quantitative estimate of drug-likeness (QED) is 0.876. The summed E-state index contributed by atoms with van der Waals surface area (Å²) in [5.41, 5.74) is 1.38. The SMILES string of the molecule is CC1(C)C[C@H](Nc2ccn(CC(F)F)n2)CN1Cc1ccccc1. The lowest BCUT2D eigenvalue weighted by atomic mass is 10.00. The number of hydrogen-bond acceptors (Lipinski definition) is 3. The van der Waals surface area contributed by atoms with Crippen molar-refractivity contribution in [3.63, 3.8) is 0 Å². The van der Waals surface area contributed by atoms with Crippen molar-refractivity contribution in [3.05, 3.63) is 48.2 Å². The average molecular weight is 334 g/mol. The minimum atomic E-state index is -2.38. The fourth-order valence-corrected chi connectivity index (χ4v) is 3.38. The third-order valence-corrected chi connectivity index (χ3v) is 4.58. The van der Waals surface area contributed by atoms with Crippen LogP contribution >= 0.6 is 0 Å². The molecule has 3 rings (SSSR count). The normalized spacial score (nSPS) is 20.6. The first-order valence-electron chi connectivity index (χ1n) is 8.29. The highest BCUT2D eigenvalue weighted by molar-refractivity contribution is 5.34. The Kier molecular flexibility index (Phi) is 4.85. The van der Waals surface area contributed by atoms with Crippen molar-refractivity contribution in [1.29, 1.82) is 0 Å². The summed E-state index contributed by atoms with van der Waals surface area (Å²) in [6.45, 7) is 5.94. The summed E-state index contributed by atoms with van der Waals surface area (Å²) in [7, 11) is 0.